The summed E-state index contributed by atoms with van der Waals surface area (Å²) >= 11 is 0. The molecule has 0 radical (unpaired) electrons. The fourth-order valence-corrected chi connectivity index (χ4v) is 2.82. The third-order valence-electron chi connectivity index (χ3n) is 3.74. The van der Waals surface area contributed by atoms with E-state index in [9.17, 15) is 0 Å². The van der Waals surface area contributed by atoms with Crippen molar-refractivity contribution in [2.24, 2.45) is 10.7 Å². The molecular weight excluding hydrogens is 262 g/mol. The first kappa shape index (κ1) is 13.7. The third-order valence-corrected chi connectivity index (χ3v) is 3.74. The number of hydrogen-bond acceptors (Lipinski definition) is 5. The van der Waals surface area contributed by atoms with Crippen LogP contribution in [0.2, 0.25) is 0 Å². The topological polar surface area (TPSA) is 78.4 Å². The molecule has 3 rings (SSSR count). The van der Waals surface area contributed by atoms with Crippen LogP contribution in [0.25, 0.3) is 0 Å². The summed E-state index contributed by atoms with van der Waals surface area (Å²) in [6.07, 6.45) is 6.26. The molecule has 0 aliphatic carbocycles. The van der Waals surface area contributed by atoms with E-state index in [0.29, 0.717) is 12.3 Å². The molecule has 0 spiro atoms. The Morgan fingerprint density at radius 1 is 1.48 bits per heavy atom. The number of aromatic nitrogens is 1. The van der Waals surface area contributed by atoms with Crippen molar-refractivity contribution in [1.29, 1.82) is 5.41 Å². The molecule has 5 nitrogen and oxygen atoms in total. The molecule has 1 aromatic rings. The highest BCUT2D eigenvalue weighted by molar-refractivity contribution is 6.09. The number of pyridine rings is 1. The van der Waals surface area contributed by atoms with Crippen LogP contribution >= 0.6 is 0 Å². The number of nitrogens with zero attached hydrogens (tertiary/aromatic N) is 3. The Bertz CT molecular complexity index is 642. The fourth-order valence-electron chi connectivity index (χ4n) is 2.82. The molecule has 3 heterocycles. The monoisotopic (exact) mass is 281 g/mol. The van der Waals surface area contributed by atoms with E-state index in [2.05, 4.69) is 14.9 Å². The third kappa shape index (κ3) is 2.52. The van der Waals surface area contributed by atoms with Crippen molar-refractivity contribution in [3.05, 3.63) is 53.5 Å². The Morgan fingerprint density at radius 3 is 3.05 bits per heavy atom. The van der Waals surface area contributed by atoms with Gasteiger partial charge in [-0.25, -0.2) is 0 Å². The summed E-state index contributed by atoms with van der Waals surface area (Å²) in [6.45, 7) is 3.17. The van der Waals surface area contributed by atoms with Crippen LogP contribution in [0.1, 0.15) is 19.0 Å². The van der Waals surface area contributed by atoms with Crippen molar-refractivity contribution in [3.8, 4) is 0 Å². The Hall–Kier alpha value is -2.27. The zero-order chi connectivity index (χ0) is 14.8. The molecule has 2 aliphatic rings. The second-order valence-electron chi connectivity index (χ2n) is 5.27. The van der Waals surface area contributed by atoms with Crippen LogP contribution in [0.5, 0.6) is 0 Å². The smallest absolute Gasteiger partial charge is 0.154 e. The highest BCUT2D eigenvalue weighted by Crippen LogP contribution is 2.30. The number of hydrogen-bond donors (Lipinski definition) is 2. The van der Waals surface area contributed by atoms with Gasteiger partial charge in [0, 0.05) is 36.5 Å². The summed E-state index contributed by atoms with van der Waals surface area (Å²) in [7, 11) is 0. The summed E-state index contributed by atoms with van der Waals surface area (Å²) in [6, 6.07) is 5.90. The van der Waals surface area contributed by atoms with Gasteiger partial charge in [0.15, 0.2) is 5.84 Å². The lowest BCUT2D eigenvalue weighted by Crippen LogP contribution is -2.35. The first-order valence-electron chi connectivity index (χ1n) is 7.13. The van der Waals surface area contributed by atoms with Crippen molar-refractivity contribution in [2.45, 2.75) is 19.4 Å². The van der Waals surface area contributed by atoms with Gasteiger partial charge in [0.1, 0.15) is 5.69 Å². The summed E-state index contributed by atoms with van der Waals surface area (Å²) in [5.41, 5.74) is 9.62. The highest BCUT2D eigenvalue weighted by atomic mass is 15.3. The van der Waals surface area contributed by atoms with E-state index in [1.54, 1.807) is 6.20 Å². The predicted molar refractivity (Wildman–Crippen MR) is 84.5 cm³/mol. The molecular formula is C16H19N5. The lowest BCUT2D eigenvalue weighted by atomic mass is 10.0. The van der Waals surface area contributed by atoms with Gasteiger partial charge in [0.2, 0.25) is 0 Å². The Kier molecular flexibility index (Phi) is 3.66. The van der Waals surface area contributed by atoms with E-state index < -0.39 is 0 Å². The van der Waals surface area contributed by atoms with Crippen LogP contribution in [0.4, 0.5) is 0 Å². The average molecular weight is 281 g/mol. The first-order valence-corrected chi connectivity index (χ1v) is 7.13. The molecule has 2 aliphatic heterocycles. The number of fused-ring (bicyclic) bond motifs is 1. The Balaban J connectivity index is 1.99. The van der Waals surface area contributed by atoms with Gasteiger partial charge in [-0.1, -0.05) is 12.1 Å². The molecule has 0 saturated carbocycles. The zero-order valence-corrected chi connectivity index (χ0v) is 12.1. The van der Waals surface area contributed by atoms with Crippen LogP contribution in [0.3, 0.4) is 0 Å². The van der Waals surface area contributed by atoms with E-state index in [1.165, 1.54) is 0 Å². The number of nitrogens with two attached hydrogens (primary N) is 1. The number of aliphatic imine (C=N–C) groups is 1. The molecule has 1 atom stereocenters. The van der Waals surface area contributed by atoms with Gasteiger partial charge in [-0.15, -0.1) is 0 Å². The molecule has 1 aromatic heterocycles. The minimum absolute atomic E-state index is 0.0837. The summed E-state index contributed by atoms with van der Waals surface area (Å²) < 4.78 is 0. The largest absolute Gasteiger partial charge is 0.327 e. The quantitative estimate of drug-likeness (QED) is 0.828. The SMILES string of the molecule is C/C=C\C(=N)C1=C2CC(N)CN2C(c2ccccn2)=NC1. The second-order valence-corrected chi connectivity index (χ2v) is 5.27. The minimum atomic E-state index is 0.0837. The van der Waals surface area contributed by atoms with Gasteiger partial charge in [0.25, 0.3) is 0 Å². The summed E-state index contributed by atoms with van der Waals surface area (Å²) in [5.74, 6) is 0.871. The van der Waals surface area contributed by atoms with Crippen LogP contribution in [0, 0.1) is 5.41 Å². The van der Waals surface area contributed by atoms with Crippen LogP contribution in [0.15, 0.2) is 52.8 Å². The van der Waals surface area contributed by atoms with Crippen molar-refractivity contribution in [3.63, 3.8) is 0 Å². The molecule has 1 fully saturated rings. The molecule has 1 saturated heterocycles. The maximum Gasteiger partial charge on any atom is 0.154 e. The standard InChI is InChI=1S/C16H19N5/c1-2-5-13(18)12-9-20-16(14-6-3-4-7-19-14)21-10-11(17)8-15(12)21/h2-7,11,18H,8-10,17H2,1H3/b5-2-,18-13?. The van der Waals surface area contributed by atoms with E-state index >= 15 is 0 Å². The van der Waals surface area contributed by atoms with Crippen LogP contribution in [-0.2, 0) is 0 Å². The fraction of sp³-hybridized carbons (Fsp3) is 0.312. The number of nitrogens with one attached hydrogen (secondary N) is 1. The number of allylic oxidation sites excluding steroid dienone is 2. The predicted octanol–water partition coefficient (Wildman–Crippen LogP) is 1.72. The van der Waals surface area contributed by atoms with Gasteiger partial charge in [-0.05, 0) is 25.1 Å². The molecule has 3 N–H and O–H groups in total. The molecule has 5 heteroatoms. The molecule has 108 valence electrons. The van der Waals surface area contributed by atoms with Crippen molar-refractivity contribution >= 4 is 11.5 Å². The zero-order valence-electron chi connectivity index (χ0n) is 12.1. The number of rotatable bonds is 3. The first-order chi connectivity index (χ1) is 10.2. The van der Waals surface area contributed by atoms with Gasteiger partial charge in [0.05, 0.1) is 12.3 Å². The van der Waals surface area contributed by atoms with E-state index in [4.69, 9.17) is 11.1 Å². The van der Waals surface area contributed by atoms with E-state index in [0.717, 1.165) is 35.8 Å². The normalized spacial score (nSPS) is 21.7. The van der Waals surface area contributed by atoms with Crippen molar-refractivity contribution < 1.29 is 0 Å². The van der Waals surface area contributed by atoms with Crippen LogP contribution < -0.4 is 5.73 Å². The Labute approximate surface area is 124 Å². The second kappa shape index (κ2) is 5.61. The average Bonchev–Trinajstić information content (AvgIpc) is 2.88. The van der Waals surface area contributed by atoms with Gasteiger partial charge < -0.3 is 16.0 Å². The maximum atomic E-state index is 8.17. The summed E-state index contributed by atoms with van der Waals surface area (Å²) in [4.78, 5) is 11.2. The molecule has 0 bridgehead atoms. The van der Waals surface area contributed by atoms with E-state index in [1.807, 2.05) is 37.3 Å². The molecule has 21 heavy (non-hydrogen) atoms. The Morgan fingerprint density at radius 2 is 2.33 bits per heavy atom. The lowest BCUT2D eigenvalue weighted by Gasteiger charge is -2.28. The van der Waals surface area contributed by atoms with Gasteiger partial charge >= 0.3 is 0 Å². The van der Waals surface area contributed by atoms with Crippen molar-refractivity contribution in [2.75, 3.05) is 13.1 Å². The van der Waals surface area contributed by atoms with Gasteiger partial charge in [-0.3, -0.25) is 9.98 Å². The minimum Gasteiger partial charge on any atom is -0.327 e. The molecule has 0 amide bonds. The van der Waals surface area contributed by atoms with Gasteiger partial charge in [-0.2, -0.15) is 0 Å². The maximum absolute atomic E-state index is 8.17. The highest BCUT2D eigenvalue weighted by Gasteiger charge is 2.33. The van der Waals surface area contributed by atoms with Crippen LogP contribution in [-0.4, -0.2) is 40.6 Å². The molecule has 0 aromatic carbocycles. The molecule has 1 unspecified atom stereocenters. The summed E-state index contributed by atoms with van der Waals surface area (Å²) in [5, 5.41) is 8.17. The van der Waals surface area contributed by atoms with Crippen molar-refractivity contribution in [1.82, 2.24) is 9.88 Å². The lowest BCUT2D eigenvalue weighted by molar-refractivity contribution is 0.549. The van der Waals surface area contributed by atoms with E-state index in [-0.39, 0.29) is 6.04 Å². The number of amidine groups is 1.